The normalized spacial score (nSPS) is 17.6. The summed E-state index contributed by atoms with van der Waals surface area (Å²) >= 11 is 0. The van der Waals surface area contributed by atoms with Crippen molar-refractivity contribution in [1.82, 2.24) is 15.1 Å². The van der Waals surface area contributed by atoms with E-state index in [2.05, 4.69) is 10.4 Å². The second kappa shape index (κ2) is 6.70. The van der Waals surface area contributed by atoms with Crippen LogP contribution >= 0.6 is 0 Å². The number of nitrogens with zero attached hydrogens (tertiary/aromatic N) is 2. The van der Waals surface area contributed by atoms with E-state index in [0.29, 0.717) is 19.6 Å². The van der Waals surface area contributed by atoms with Crippen LogP contribution < -0.4 is 5.32 Å². The van der Waals surface area contributed by atoms with Crippen LogP contribution in [0.1, 0.15) is 18.5 Å². The van der Waals surface area contributed by atoms with Crippen LogP contribution in [0.25, 0.3) is 5.69 Å². The first-order chi connectivity index (χ1) is 10.7. The Labute approximate surface area is 128 Å². The average molecular weight is 303 g/mol. The molecule has 5 nitrogen and oxygen atoms in total. The third-order valence-corrected chi connectivity index (χ3v) is 3.64. The number of halogens is 1. The van der Waals surface area contributed by atoms with Crippen LogP contribution in [0.3, 0.4) is 0 Å². The van der Waals surface area contributed by atoms with Crippen LogP contribution in [-0.2, 0) is 16.0 Å². The van der Waals surface area contributed by atoms with Crippen molar-refractivity contribution in [3.05, 3.63) is 48.0 Å². The number of hydrogen-bond acceptors (Lipinski definition) is 3. The molecule has 1 aromatic heterocycles. The van der Waals surface area contributed by atoms with Gasteiger partial charge in [-0.15, -0.1) is 0 Å². The summed E-state index contributed by atoms with van der Waals surface area (Å²) in [6, 6.07) is 8.04. The van der Waals surface area contributed by atoms with E-state index in [4.69, 9.17) is 4.74 Å². The number of nitrogens with one attached hydrogen (secondary N) is 1. The minimum absolute atomic E-state index is 0.0459. The van der Waals surface area contributed by atoms with Crippen LogP contribution in [0.15, 0.2) is 36.5 Å². The Hall–Kier alpha value is -2.21. The molecule has 2 heterocycles. The number of aromatic nitrogens is 2. The quantitative estimate of drug-likeness (QED) is 0.917. The van der Waals surface area contributed by atoms with Crippen molar-refractivity contribution in [2.24, 2.45) is 0 Å². The second-order valence-corrected chi connectivity index (χ2v) is 5.27. The first-order valence-corrected chi connectivity index (χ1v) is 7.42. The van der Waals surface area contributed by atoms with Gasteiger partial charge in [0.1, 0.15) is 11.9 Å². The summed E-state index contributed by atoms with van der Waals surface area (Å²) in [5.41, 5.74) is 1.67. The molecule has 0 radical (unpaired) electrons. The van der Waals surface area contributed by atoms with Gasteiger partial charge in [0.15, 0.2) is 0 Å². The standard InChI is InChI=1S/C16H18FN3O2/c17-12-3-5-14(6-4-12)20-10-8-13(19-20)7-9-18-16(21)15-2-1-11-22-15/h3-6,8,10,15H,1-2,7,9,11H2,(H,18,21)/t15-/m1/s1. The number of carbonyl (C=O) groups is 1. The molecule has 1 N–H and O–H groups in total. The molecule has 0 aliphatic carbocycles. The monoisotopic (exact) mass is 303 g/mol. The molecule has 0 bridgehead atoms. The van der Waals surface area contributed by atoms with Crippen LogP contribution in [0.4, 0.5) is 4.39 Å². The van der Waals surface area contributed by atoms with Gasteiger partial charge in [-0.25, -0.2) is 9.07 Å². The highest BCUT2D eigenvalue weighted by molar-refractivity contribution is 5.80. The van der Waals surface area contributed by atoms with E-state index in [1.165, 1.54) is 12.1 Å². The van der Waals surface area contributed by atoms with Crippen molar-refractivity contribution in [2.75, 3.05) is 13.2 Å². The first-order valence-electron chi connectivity index (χ1n) is 7.42. The van der Waals surface area contributed by atoms with Gasteiger partial charge in [0.25, 0.3) is 0 Å². The van der Waals surface area contributed by atoms with Gasteiger partial charge >= 0.3 is 0 Å². The maximum atomic E-state index is 12.9. The minimum atomic E-state index is -0.295. The second-order valence-electron chi connectivity index (χ2n) is 5.27. The van der Waals surface area contributed by atoms with Crippen molar-refractivity contribution >= 4 is 5.91 Å². The lowest BCUT2D eigenvalue weighted by Crippen LogP contribution is -2.35. The molecule has 3 rings (SSSR count). The van der Waals surface area contributed by atoms with Crippen LogP contribution in [-0.4, -0.2) is 34.9 Å². The predicted molar refractivity (Wildman–Crippen MR) is 79.2 cm³/mol. The van der Waals surface area contributed by atoms with Gasteiger partial charge in [-0.3, -0.25) is 4.79 Å². The van der Waals surface area contributed by atoms with Crippen molar-refractivity contribution in [1.29, 1.82) is 0 Å². The Bertz CT molecular complexity index is 633. The molecule has 116 valence electrons. The summed E-state index contributed by atoms with van der Waals surface area (Å²) in [4.78, 5) is 11.8. The Morgan fingerprint density at radius 1 is 1.36 bits per heavy atom. The highest BCUT2D eigenvalue weighted by Crippen LogP contribution is 2.12. The fourth-order valence-corrected chi connectivity index (χ4v) is 2.44. The third kappa shape index (κ3) is 3.51. The van der Waals surface area contributed by atoms with Crippen LogP contribution in [0.2, 0.25) is 0 Å². The van der Waals surface area contributed by atoms with Gasteiger partial charge in [0.05, 0.1) is 11.4 Å². The molecule has 1 saturated heterocycles. The first kappa shape index (κ1) is 14.7. The molecular formula is C16H18FN3O2. The number of hydrogen-bond donors (Lipinski definition) is 1. The lowest BCUT2D eigenvalue weighted by atomic mass is 10.2. The fourth-order valence-electron chi connectivity index (χ4n) is 2.44. The maximum absolute atomic E-state index is 12.9. The Balaban J connectivity index is 1.51. The van der Waals surface area contributed by atoms with Gasteiger partial charge in [0.2, 0.25) is 5.91 Å². The summed E-state index contributed by atoms with van der Waals surface area (Å²) in [5.74, 6) is -0.316. The molecule has 1 fully saturated rings. The SMILES string of the molecule is O=C(NCCc1ccn(-c2ccc(F)cc2)n1)[C@H]1CCCO1. The highest BCUT2D eigenvalue weighted by Gasteiger charge is 2.22. The molecule has 1 atom stereocenters. The zero-order valence-corrected chi connectivity index (χ0v) is 12.2. The molecule has 1 aliphatic heterocycles. The average Bonchev–Trinajstić information content (AvgIpc) is 3.19. The van der Waals surface area contributed by atoms with Crippen molar-refractivity contribution in [3.8, 4) is 5.69 Å². The zero-order valence-electron chi connectivity index (χ0n) is 12.2. The Kier molecular flexibility index (Phi) is 4.48. The molecule has 2 aromatic rings. The maximum Gasteiger partial charge on any atom is 0.249 e. The largest absolute Gasteiger partial charge is 0.368 e. The van der Waals surface area contributed by atoms with Crippen LogP contribution in [0.5, 0.6) is 0 Å². The van der Waals surface area contributed by atoms with Gasteiger partial charge in [0, 0.05) is 25.8 Å². The summed E-state index contributed by atoms with van der Waals surface area (Å²) in [6.07, 6.45) is 3.92. The van der Waals surface area contributed by atoms with Gasteiger partial charge in [-0.1, -0.05) is 0 Å². The predicted octanol–water partition coefficient (Wildman–Crippen LogP) is 1.85. The molecule has 0 spiro atoms. The van der Waals surface area contributed by atoms with E-state index < -0.39 is 0 Å². The Morgan fingerprint density at radius 3 is 2.91 bits per heavy atom. The molecule has 0 saturated carbocycles. The van der Waals surface area contributed by atoms with E-state index in [9.17, 15) is 9.18 Å². The van der Waals surface area contributed by atoms with Crippen molar-refractivity contribution < 1.29 is 13.9 Å². The summed E-state index contributed by atoms with van der Waals surface area (Å²) in [5, 5.41) is 7.28. The van der Waals surface area contributed by atoms with Gasteiger partial charge in [-0.2, -0.15) is 5.10 Å². The van der Waals surface area contributed by atoms with Gasteiger partial charge < -0.3 is 10.1 Å². The van der Waals surface area contributed by atoms with E-state index >= 15 is 0 Å². The minimum Gasteiger partial charge on any atom is -0.368 e. The molecule has 6 heteroatoms. The number of rotatable bonds is 5. The highest BCUT2D eigenvalue weighted by atomic mass is 19.1. The van der Waals surface area contributed by atoms with Crippen LogP contribution in [0, 0.1) is 5.82 Å². The lowest BCUT2D eigenvalue weighted by molar-refractivity contribution is -0.129. The molecule has 1 aliphatic rings. The lowest BCUT2D eigenvalue weighted by Gasteiger charge is -2.09. The summed E-state index contributed by atoms with van der Waals surface area (Å²) < 4.78 is 19.9. The molecule has 1 amide bonds. The van der Waals surface area contributed by atoms with Gasteiger partial charge in [-0.05, 0) is 43.2 Å². The van der Waals surface area contributed by atoms with E-state index in [1.807, 2.05) is 12.3 Å². The Morgan fingerprint density at radius 2 is 2.18 bits per heavy atom. The number of ether oxygens (including phenoxy) is 1. The molecular weight excluding hydrogens is 285 g/mol. The third-order valence-electron chi connectivity index (χ3n) is 3.64. The van der Waals surface area contributed by atoms with Crippen molar-refractivity contribution in [3.63, 3.8) is 0 Å². The fraction of sp³-hybridized carbons (Fsp3) is 0.375. The summed E-state index contributed by atoms with van der Waals surface area (Å²) in [7, 11) is 0. The van der Waals surface area contributed by atoms with Crippen molar-refractivity contribution in [2.45, 2.75) is 25.4 Å². The van der Waals surface area contributed by atoms with E-state index in [-0.39, 0.29) is 17.8 Å². The number of benzene rings is 1. The summed E-state index contributed by atoms with van der Waals surface area (Å²) in [6.45, 7) is 1.19. The topological polar surface area (TPSA) is 56.2 Å². The smallest absolute Gasteiger partial charge is 0.249 e. The molecule has 0 unspecified atom stereocenters. The van der Waals surface area contributed by atoms with E-state index in [1.54, 1.807) is 16.8 Å². The number of amides is 1. The molecule has 22 heavy (non-hydrogen) atoms. The van der Waals surface area contributed by atoms with E-state index in [0.717, 1.165) is 24.2 Å². The number of carbonyl (C=O) groups excluding carboxylic acids is 1. The molecule has 1 aromatic carbocycles. The zero-order chi connectivity index (χ0) is 15.4.